The standard InChI is InChI=1S/C19H18FN2OS2/c1-4-23-13-6-7-14-17(10-13)25-18(21(14)2)11-19-22(3)15-9-12(20)5-8-16(15)24-19/h5-11H,4H2,1-3H3/q+1. The number of aromatic nitrogens is 1. The Morgan fingerprint density at radius 3 is 2.88 bits per heavy atom. The Hall–Kier alpha value is -2.05. The van der Waals surface area contributed by atoms with Crippen molar-refractivity contribution in [2.45, 2.75) is 11.8 Å². The Kier molecular flexibility index (Phi) is 4.17. The fourth-order valence-corrected chi connectivity index (χ4v) is 5.16. The third-order valence-electron chi connectivity index (χ3n) is 4.22. The van der Waals surface area contributed by atoms with Crippen molar-refractivity contribution in [3.8, 4) is 5.75 Å². The topological polar surface area (TPSA) is 16.4 Å². The SMILES string of the molecule is CCOc1ccc2c(c1)sc(/C=C1\Sc3ccc(F)cc3N1C)[n+]2C. The average molecular weight is 373 g/mol. The van der Waals surface area contributed by atoms with Gasteiger partial charge in [-0.1, -0.05) is 23.1 Å². The number of aryl methyl sites for hydroxylation is 1. The van der Waals surface area contributed by atoms with Gasteiger partial charge in [0.25, 0.3) is 5.01 Å². The van der Waals surface area contributed by atoms with Crippen LogP contribution >= 0.6 is 23.1 Å². The molecule has 1 aromatic heterocycles. The van der Waals surface area contributed by atoms with Crippen LogP contribution in [0.25, 0.3) is 16.3 Å². The Bertz CT molecular complexity index is 996. The van der Waals surface area contributed by atoms with Gasteiger partial charge in [-0.3, -0.25) is 0 Å². The maximum atomic E-state index is 13.5. The summed E-state index contributed by atoms with van der Waals surface area (Å²) < 4.78 is 22.5. The highest BCUT2D eigenvalue weighted by Crippen LogP contribution is 2.46. The zero-order valence-electron chi connectivity index (χ0n) is 14.2. The molecule has 1 aliphatic heterocycles. The van der Waals surface area contributed by atoms with Crippen LogP contribution in [0.2, 0.25) is 0 Å². The first kappa shape index (κ1) is 16.4. The number of hydrogen-bond acceptors (Lipinski definition) is 4. The molecular weight excluding hydrogens is 355 g/mol. The molecule has 1 aliphatic rings. The lowest BCUT2D eigenvalue weighted by Gasteiger charge is -2.12. The zero-order chi connectivity index (χ0) is 17.6. The van der Waals surface area contributed by atoms with Crippen LogP contribution in [0, 0.1) is 5.82 Å². The summed E-state index contributed by atoms with van der Waals surface area (Å²) in [6.07, 6.45) is 2.16. The van der Waals surface area contributed by atoms with Crippen molar-refractivity contribution in [1.29, 1.82) is 0 Å². The third kappa shape index (κ3) is 2.89. The second-order valence-corrected chi connectivity index (χ2v) is 7.94. The van der Waals surface area contributed by atoms with Gasteiger partial charge in [-0.25, -0.2) is 4.39 Å². The maximum absolute atomic E-state index is 13.5. The smallest absolute Gasteiger partial charge is 0.265 e. The van der Waals surface area contributed by atoms with Crippen LogP contribution in [0.3, 0.4) is 0 Å². The van der Waals surface area contributed by atoms with Crippen LogP contribution in [-0.2, 0) is 7.05 Å². The second-order valence-electron chi connectivity index (χ2n) is 5.82. The largest absolute Gasteiger partial charge is 0.494 e. The van der Waals surface area contributed by atoms with Gasteiger partial charge < -0.3 is 9.64 Å². The van der Waals surface area contributed by atoms with E-state index in [9.17, 15) is 4.39 Å². The molecule has 0 atom stereocenters. The first-order valence-electron chi connectivity index (χ1n) is 8.05. The number of halogens is 1. The number of hydrogen-bond donors (Lipinski definition) is 0. The normalized spacial score (nSPS) is 15.2. The van der Waals surface area contributed by atoms with E-state index in [2.05, 4.69) is 29.8 Å². The van der Waals surface area contributed by atoms with E-state index in [0.29, 0.717) is 6.61 Å². The van der Waals surface area contributed by atoms with Gasteiger partial charge in [-0.15, -0.1) is 0 Å². The average Bonchev–Trinajstić information content (AvgIpc) is 3.06. The molecule has 3 nitrogen and oxygen atoms in total. The summed E-state index contributed by atoms with van der Waals surface area (Å²) in [4.78, 5) is 3.12. The number of rotatable bonds is 3. The van der Waals surface area contributed by atoms with Gasteiger partial charge in [0.1, 0.15) is 23.3 Å². The lowest BCUT2D eigenvalue weighted by atomic mass is 10.3. The van der Waals surface area contributed by atoms with E-state index in [1.54, 1.807) is 29.2 Å². The van der Waals surface area contributed by atoms with Crippen LogP contribution in [0.4, 0.5) is 10.1 Å². The summed E-state index contributed by atoms with van der Waals surface area (Å²) in [7, 11) is 4.04. The Morgan fingerprint density at radius 1 is 1.24 bits per heavy atom. The molecular formula is C19H18FN2OS2+. The summed E-state index contributed by atoms with van der Waals surface area (Å²) in [6.45, 7) is 2.65. The Morgan fingerprint density at radius 2 is 2.08 bits per heavy atom. The number of benzene rings is 2. The van der Waals surface area contributed by atoms with E-state index >= 15 is 0 Å². The van der Waals surface area contributed by atoms with Gasteiger partial charge in [0.2, 0.25) is 5.52 Å². The summed E-state index contributed by atoms with van der Waals surface area (Å²) >= 11 is 3.39. The molecule has 128 valence electrons. The minimum atomic E-state index is -0.205. The Labute approximate surface area is 154 Å². The molecule has 0 N–H and O–H groups in total. The van der Waals surface area contributed by atoms with Gasteiger partial charge in [-0.05, 0) is 31.2 Å². The van der Waals surface area contributed by atoms with E-state index in [1.165, 1.54) is 16.3 Å². The van der Waals surface area contributed by atoms with Gasteiger partial charge in [0, 0.05) is 24.1 Å². The van der Waals surface area contributed by atoms with Crippen molar-refractivity contribution in [3.63, 3.8) is 0 Å². The predicted octanol–water partition coefficient (Wildman–Crippen LogP) is 4.80. The summed E-state index contributed by atoms with van der Waals surface area (Å²) in [5.74, 6) is 0.689. The molecule has 6 heteroatoms. The van der Waals surface area contributed by atoms with E-state index in [-0.39, 0.29) is 5.82 Å². The van der Waals surface area contributed by atoms with Crippen molar-refractivity contribution in [1.82, 2.24) is 0 Å². The maximum Gasteiger partial charge on any atom is 0.265 e. The summed E-state index contributed by atoms with van der Waals surface area (Å²) in [5.41, 5.74) is 2.09. The molecule has 0 amide bonds. The molecule has 25 heavy (non-hydrogen) atoms. The van der Waals surface area contributed by atoms with Gasteiger partial charge in [-0.2, -0.15) is 4.57 Å². The van der Waals surface area contributed by atoms with E-state index < -0.39 is 0 Å². The van der Waals surface area contributed by atoms with Crippen LogP contribution in [0.5, 0.6) is 5.75 Å². The molecule has 0 saturated heterocycles. The highest BCUT2D eigenvalue weighted by Gasteiger charge is 2.25. The fourth-order valence-electron chi connectivity index (χ4n) is 2.91. The molecule has 0 aliphatic carbocycles. The van der Waals surface area contributed by atoms with Gasteiger partial charge in [0.15, 0.2) is 0 Å². The molecule has 0 spiro atoms. The number of thioether (sulfide) groups is 1. The number of nitrogens with zero attached hydrogens (tertiary/aromatic N) is 2. The molecule has 0 unspecified atom stereocenters. The predicted molar refractivity (Wildman–Crippen MR) is 103 cm³/mol. The number of thiazole rings is 1. The molecule has 2 aromatic carbocycles. The third-order valence-corrected chi connectivity index (χ3v) is 6.54. The molecule has 4 rings (SSSR count). The second kappa shape index (κ2) is 6.35. The number of anilines is 1. The summed E-state index contributed by atoms with van der Waals surface area (Å²) in [6, 6.07) is 11.1. The molecule has 0 fully saturated rings. The highest BCUT2D eigenvalue weighted by molar-refractivity contribution is 8.03. The first-order chi connectivity index (χ1) is 12.1. The highest BCUT2D eigenvalue weighted by atomic mass is 32.2. The lowest BCUT2D eigenvalue weighted by Crippen LogP contribution is -2.29. The van der Waals surface area contributed by atoms with Gasteiger partial charge >= 0.3 is 0 Å². The van der Waals surface area contributed by atoms with Crippen LogP contribution in [0.15, 0.2) is 46.3 Å². The van der Waals surface area contributed by atoms with Gasteiger partial charge in [0.05, 0.1) is 23.4 Å². The van der Waals surface area contributed by atoms with Crippen LogP contribution in [-0.4, -0.2) is 13.7 Å². The van der Waals surface area contributed by atoms with E-state index in [4.69, 9.17) is 4.74 Å². The van der Waals surface area contributed by atoms with Crippen molar-refractivity contribution in [2.24, 2.45) is 7.05 Å². The fraction of sp³-hybridized carbons (Fsp3) is 0.211. The molecule has 0 bridgehead atoms. The van der Waals surface area contributed by atoms with E-state index in [1.807, 2.05) is 31.0 Å². The van der Waals surface area contributed by atoms with Crippen molar-refractivity contribution < 1.29 is 13.7 Å². The van der Waals surface area contributed by atoms with Crippen LogP contribution < -0.4 is 14.2 Å². The summed E-state index contributed by atoms with van der Waals surface area (Å²) in [5, 5.41) is 2.24. The lowest BCUT2D eigenvalue weighted by molar-refractivity contribution is -0.642. The van der Waals surface area contributed by atoms with Crippen molar-refractivity contribution in [2.75, 3.05) is 18.6 Å². The minimum absolute atomic E-state index is 0.205. The van der Waals surface area contributed by atoms with Crippen molar-refractivity contribution in [3.05, 3.63) is 52.3 Å². The van der Waals surface area contributed by atoms with Crippen molar-refractivity contribution >= 4 is 45.1 Å². The molecule has 2 heterocycles. The number of ether oxygens (including phenoxy) is 1. The molecule has 0 radical (unpaired) electrons. The monoisotopic (exact) mass is 373 g/mol. The number of fused-ring (bicyclic) bond motifs is 2. The molecule has 0 saturated carbocycles. The quantitative estimate of drug-likeness (QED) is 0.614. The minimum Gasteiger partial charge on any atom is -0.494 e. The first-order valence-corrected chi connectivity index (χ1v) is 9.68. The zero-order valence-corrected chi connectivity index (χ0v) is 15.9. The Balaban J connectivity index is 1.73. The van der Waals surface area contributed by atoms with E-state index in [0.717, 1.165) is 26.4 Å². The molecule has 3 aromatic rings. The van der Waals surface area contributed by atoms with Crippen LogP contribution in [0.1, 0.15) is 11.9 Å².